The number of fused-ring (bicyclic) bond motifs is 1. The van der Waals surface area contributed by atoms with E-state index in [-0.39, 0.29) is 11.4 Å². The zero-order valence-electron chi connectivity index (χ0n) is 10.9. The highest BCUT2D eigenvalue weighted by atomic mass is 32.2. The molecule has 1 aliphatic rings. The minimum Gasteiger partial charge on any atom is -0.398 e. The monoisotopic (exact) mass is 292 g/mol. The summed E-state index contributed by atoms with van der Waals surface area (Å²) in [7, 11) is -3.60. The molecular weight excluding hydrogens is 276 g/mol. The van der Waals surface area contributed by atoms with Gasteiger partial charge in [-0.25, -0.2) is 8.42 Å². The van der Waals surface area contributed by atoms with E-state index in [1.807, 2.05) is 12.1 Å². The van der Waals surface area contributed by atoms with Crippen LogP contribution in [-0.4, -0.2) is 37.0 Å². The lowest BCUT2D eigenvalue weighted by Gasteiger charge is -2.17. The van der Waals surface area contributed by atoms with Crippen LogP contribution in [0, 0.1) is 0 Å². The average molecular weight is 292 g/mol. The third kappa shape index (κ3) is 2.06. The van der Waals surface area contributed by atoms with Crippen LogP contribution in [0.25, 0.3) is 10.8 Å². The second kappa shape index (κ2) is 4.73. The smallest absolute Gasteiger partial charge is 0.243 e. The van der Waals surface area contributed by atoms with Gasteiger partial charge in [-0.1, -0.05) is 24.3 Å². The molecule has 1 fully saturated rings. The van der Waals surface area contributed by atoms with Gasteiger partial charge in [-0.2, -0.15) is 4.31 Å². The van der Waals surface area contributed by atoms with E-state index in [1.165, 1.54) is 10.4 Å². The van der Waals surface area contributed by atoms with Gasteiger partial charge in [0.15, 0.2) is 0 Å². The van der Waals surface area contributed by atoms with Crippen molar-refractivity contribution in [2.75, 3.05) is 18.8 Å². The van der Waals surface area contributed by atoms with E-state index in [4.69, 9.17) is 5.73 Å². The van der Waals surface area contributed by atoms with Crippen LogP contribution in [0.15, 0.2) is 41.3 Å². The Balaban J connectivity index is 2.17. The Hall–Kier alpha value is -1.63. The summed E-state index contributed by atoms with van der Waals surface area (Å²) in [6, 6.07) is 10.3. The van der Waals surface area contributed by atoms with E-state index < -0.39 is 16.1 Å². The lowest BCUT2D eigenvalue weighted by atomic mass is 10.1. The first-order valence-electron chi connectivity index (χ1n) is 6.45. The number of rotatable bonds is 2. The summed E-state index contributed by atoms with van der Waals surface area (Å²) in [6.07, 6.45) is -0.101. The van der Waals surface area contributed by atoms with Gasteiger partial charge in [0.1, 0.15) is 0 Å². The lowest BCUT2D eigenvalue weighted by Crippen LogP contribution is -2.29. The molecule has 0 radical (unpaired) electrons. The third-order valence-corrected chi connectivity index (χ3v) is 5.59. The molecule has 6 heteroatoms. The SMILES string of the molecule is Nc1ccc(S(=O)(=O)N2CCC(O)C2)c2ccccc12. The number of benzene rings is 2. The first-order chi connectivity index (χ1) is 9.50. The zero-order valence-corrected chi connectivity index (χ0v) is 11.7. The summed E-state index contributed by atoms with van der Waals surface area (Å²) in [5.74, 6) is 0. The van der Waals surface area contributed by atoms with Gasteiger partial charge in [-0.3, -0.25) is 0 Å². The van der Waals surface area contributed by atoms with Crippen LogP contribution in [0.5, 0.6) is 0 Å². The van der Waals surface area contributed by atoms with Crippen LogP contribution in [0.1, 0.15) is 6.42 Å². The number of β-amino-alcohol motifs (C(OH)–C–C–N with tert-alkyl or cyclic N) is 1. The normalized spacial score (nSPS) is 20.6. The highest BCUT2D eigenvalue weighted by Gasteiger charge is 2.32. The highest BCUT2D eigenvalue weighted by Crippen LogP contribution is 2.30. The van der Waals surface area contributed by atoms with Crippen LogP contribution in [-0.2, 0) is 10.0 Å². The largest absolute Gasteiger partial charge is 0.398 e. The fourth-order valence-corrected chi connectivity index (χ4v) is 4.28. The summed E-state index contributed by atoms with van der Waals surface area (Å²) in [5.41, 5.74) is 6.45. The number of nitrogens with zero attached hydrogens (tertiary/aromatic N) is 1. The molecule has 1 atom stereocenters. The van der Waals surface area contributed by atoms with Crippen molar-refractivity contribution >= 4 is 26.5 Å². The molecule has 1 unspecified atom stereocenters. The Morgan fingerprint density at radius 3 is 2.50 bits per heavy atom. The average Bonchev–Trinajstić information content (AvgIpc) is 2.87. The Labute approximate surface area is 117 Å². The number of nitrogens with two attached hydrogens (primary N) is 1. The molecule has 0 aliphatic carbocycles. The third-order valence-electron chi connectivity index (χ3n) is 3.66. The van der Waals surface area contributed by atoms with Crippen LogP contribution >= 0.6 is 0 Å². The Morgan fingerprint density at radius 1 is 1.15 bits per heavy atom. The molecule has 0 bridgehead atoms. The number of sulfonamides is 1. The van der Waals surface area contributed by atoms with Gasteiger partial charge in [0, 0.05) is 29.5 Å². The molecule has 106 valence electrons. The predicted octanol–water partition coefficient (Wildman–Crippen LogP) is 1.18. The number of nitrogen functional groups attached to an aromatic ring is 1. The molecule has 1 heterocycles. The predicted molar refractivity (Wildman–Crippen MR) is 77.7 cm³/mol. The van der Waals surface area contributed by atoms with Crippen LogP contribution in [0.3, 0.4) is 0 Å². The maximum atomic E-state index is 12.7. The molecule has 0 saturated carbocycles. The van der Waals surface area contributed by atoms with Gasteiger partial charge in [0.25, 0.3) is 0 Å². The fourth-order valence-electron chi connectivity index (χ4n) is 2.59. The van der Waals surface area contributed by atoms with E-state index in [1.54, 1.807) is 18.2 Å². The summed E-state index contributed by atoms with van der Waals surface area (Å²) >= 11 is 0. The standard InChI is InChI=1S/C14H16N2O3S/c15-13-5-6-14(12-4-2-1-3-11(12)13)20(18,19)16-8-7-10(17)9-16/h1-6,10,17H,7-9,15H2. The molecule has 20 heavy (non-hydrogen) atoms. The van der Waals surface area contributed by atoms with E-state index in [9.17, 15) is 13.5 Å². The summed E-state index contributed by atoms with van der Waals surface area (Å²) in [4.78, 5) is 0.247. The van der Waals surface area contributed by atoms with Gasteiger partial charge < -0.3 is 10.8 Å². The maximum Gasteiger partial charge on any atom is 0.243 e. The van der Waals surface area contributed by atoms with Crippen LogP contribution in [0.2, 0.25) is 0 Å². The van der Waals surface area contributed by atoms with Crippen molar-refractivity contribution in [2.45, 2.75) is 17.4 Å². The minimum atomic E-state index is -3.60. The topological polar surface area (TPSA) is 83.6 Å². The molecule has 2 aromatic carbocycles. The van der Waals surface area contributed by atoms with Crippen molar-refractivity contribution in [1.29, 1.82) is 0 Å². The first-order valence-corrected chi connectivity index (χ1v) is 7.89. The highest BCUT2D eigenvalue weighted by molar-refractivity contribution is 7.89. The molecule has 5 nitrogen and oxygen atoms in total. The van der Waals surface area contributed by atoms with E-state index >= 15 is 0 Å². The molecule has 3 rings (SSSR count). The van der Waals surface area contributed by atoms with Crippen molar-refractivity contribution < 1.29 is 13.5 Å². The van der Waals surface area contributed by atoms with Gasteiger partial charge in [0.05, 0.1) is 11.0 Å². The van der Waals surface area contributed by atoms with Crippen molar-refractivity contribution in [3.05, 3.63) is 36.4 Å². The summed E-state index contributed by atoms with van der Waals surface area (Å²) in [6.45, 7) is 0.503. The molecule has 0 amide bonds. The summed E-state index contributed by atoms with van der Waals surface area (Å²) < 4.78 is 26.7. The maximum absolute atomic E-state index is 12.7. The molecule has 2 aromatic rings. The summed E-state index contributed by atoms with van der Waals surface area (Å²) in [5, 5.41) is 10.9. The van der Waals surface area contributed by atoms with Gasteiger partial charge in [-0.15, -0.1) is 0 Å². The van der Waals surface area contributed by atoms with Crippen molar-refractivity contribution in [1.82, 2.24) is 4.31 Å². The number of aliphatic hydroxyl groups is 1. The number of anilines is 1. The molecule has 1 aliphatic heterocycles. The van der Waals surface area contributed by atoms with Gasteiger partial charge in [0.2, 0.25) is 10.0 Å². The second-order valence-electron chi connectivity index (χ2n) is 5.00. The number of hydrogen-bond acceptors (Lipinski definition) is 4. The molecular formula is C14H16N2O3S. The Morgan fingerprint density at radius 2 is 1.85 bits per heavy atom. The lowest BCUT2D eigenvalue weighted by molar-refractivity contribution is 0.189. The van der Waals surface area contributed by atoms with E-state index in [2.05, 4.69) is 0 Å². The number of hydrogen-bond donors (Lipinski definition) is 2. The quantitative estimate of drug-likeness (QED) is 0.814. The van der Waals surface area contributed by atoms with Crippen LogP contribution in [0.4, 0.5) is 5.69 Å². The molecule has 0 aromatic heterocycles. The minimum absolute atomic E-state index is 0.154. The fraction of sp³-hybridized carbons (Fsp3) is 0.286. The van der Waals surface area contributed by atoms with Crippen molar-refractivity contribution in [3.8, 4) is 0 Å². The Bertz CT molecular complexity index is 758. The van der Waals surface area contributed by atoms with Gasteiger partial charge in [-0.05, 0) is 18.6 Å². The van der Waals surface area contributed by atoms with E-state index in [0.717, 1.165) is 5.39 Å². The van der Waals surface area contributed by atoms with Crippen molar-refractivity contribution in [3.63, 3.8) is 0 Å². The van der Waals surface area contributed by atoms with Crippen LogP contribution < -0.4 is 5.73 Å². The molecule has 1 saturated heterocycles. The Kier molecular flexibility index (Phi) is 3.16. The van der Waals surface area contributed by atoms with Crippen molar-refractivity contribution in [2.24, 2.45) is 0 Å². The van der Waals surface area contributed by atoms with Gasteiger partial charge >= 0.3 is 0 Å². The van der Waals surface area contributed by atoms with E-state index in [0.29, 0.717) is 24.0 Å². The number of aliphatic hydroxyl groups excluding tert-OH is 1. The first kappa shape index (κ1) is 13.4. The second-order valence-corrected chi connectivity index (χ2v) is 6.91. The zero-order chi connectivity index (χ0) is 14.3. The molecule has 3 N–H and O–H groups in total. The molecule has 0 spiro atoms.